The van der Waals surface area contributed by atoms with Crippen LogP contribution in [0.25, 0.3) is 0 Å². The summed E-state index contributed by atoms with van der Waals surface area (Å²) in [7, 11) is 1.66. The van der Waals surface area contributed by atoms with Crippen LogP contribution in [0.5, 0.6) is 5.75 Å². The van der Waals surface area contributed by atoms with Crippen molar-refractivity contribution in [3.8, 4) is 5.75 Å². The molecule has 2 amide bonds. The molecule has 3 heterocycles. The van der Waals surface area contributed by atoms with Crippen LogP contribution in [0.15, 0.2) is 24.3 Å². The van der Waals surface area contributed by atoms with Gasteiger partial charge in [-0.2, -0.15) is 8.75 Å². The average molecular weight is 401 g/mol. The Balaban J connectivity index is 1.36. The third-order valence-electron chi connectivity index (χ3n) is 5.75. The zero-order valence-electron chi connectivity index (χ0n) is 16.1. The summed E-state index contributed by atoms with van der Waals surface area (Å²) in [6.45, 7) is 3.20. The van der Waals surface area contributed by atoms with Crippen LogP contribution in [0.3, 0.4) is 0 Å². The summed E-state index contributed by atoms with van der Waals surface area (Å²) in [5.41, 5.74) is 2.33. The van der Waals surface area contributed by atoms with Crippen LogP contribution in [0.4, 0.5) is 0 Å². The van der Waals surface area contributed by atoms with Crippen LogP contribution in [-0.2, 0) is 11.2 Å². The van der Waals surface area contributed by atoms with E-state index in [1.807, 2.05) is 21.9 Å². The van der Waals surface area contributed by atoms with Crippen molar-refractivity contribution >= 4 is 23.5 Å². The van der Waals surface area contributed by atoms with E-state index in [4.69, 9.17) is 4.74 Å². The van der Waals surface area contributed by atoms with Gasteiger partial charge in [0.15, 0.2) is 5.69 Å². The summed E-state index contributed by atoms with van der Waals surface area (Å²) in [5, 5.41) is 0. The standard InChI is InChI=1S/C20H24N4O3S/c1-13-19(22-28-21-13)20(26)24-11-9-16-17(24)12-18(25)23(16)10-3-4-14-5-7-15(27-2)8-6-14/h5-8,16-17H,3-4,9-12H2,1-2H3/t16-,17-/m0/s1. The molecular formula is C20H24N4O3S. The Morgan fingerprint density at radius 1 is 1.25 bits per heavy atom. The van der Waals surface area contributed by atoms with E-state index in [0.717, 1.165) is 43.3 Å². The summed E-state index contributed by atoms with van der Waals surface area (Å²) < 4.78 is 13.4. The van der Waals surface area contributed by atoms with Crippen LogP contribution in [0.2, 0.25) is 0 Å². The molecule has 2 atom stereocenters. The molecule has 2 aromatic rings. The van der Waals surface area contributed by atoms with E-state index in [9.17, 15) is 9.59 Å². The van der Waals surface area contributed by atoms with Crippen molar-refractivity contribution in [2.45, 2.75) is 44.7 Å². The van der Waals surface area contributed by atoms with Gasteiger partial charge in [-0.05, 0) is 43.9 Å². The van der Waals surface area contributed by atoms with E-state index < -0.39 is 0 Å². The minimum atomic E-state index is -0.0911. The number of amides is 2. The largest absolute Gasteiger partial charge is 0.497 e. The van der Waals surface area contributed by atoms with Crippen molar-refractivity contribution in [1.29, 1.82) is 0 Å². The van der Waals surface area contributed by atoms with Gasteiger partial charge in [0.05, 0.1) is 36.6 Å². The predicted molar refractivity (Wildman–Crippen MR) is 106 cm³/mol. The molecule has 2 fully saturated rings. The number of aryl methyl sites for hydroxylation is 2. The van der Waals surface area contributed by atoms with Gasteiger partial charge in [-0.1, -0.05) is 12.1 Å². The maximum Gasteiger partial charge on any atom is 0.275 e. The molecule has 28 heavy (non-hydrogen) atoms. The number of rotatable bonds is 6. The van der Waals surface area contributed by atoms with Gasteiger partial charge in [-0.3, -0.25) is 9.59 Å². The molecule has 0 aliphatic carbocycles. The quantitative estimate of drug-likeness (QED) is 0.744. The number of aromatic nitrogens is 2. The molecule has 0 spiro atoms. The second kappa shape index (κ2) is 7.87. The monoisotopic (exact) mass is 400 g/mol. The van der Waals surface area contributed by atoms with Crippen LogP contribution < -0.4 is 4.74 Å². The fourth-order valence-electron chi connectivity index (χ4n) is 4.28. The van der Waals surface area contributed by atoms with Crippen molar-refractivity contribution in [2.75, 3.05) is 20.2 Å². The van der Waals surface area contributed by atoms with Gasteiger partial charge >= 0.3 is 0 Å². The highest BCUT2D eigenvalue weighted by molar-refractivity contribution is 6.99. The maximum atomic E-state index is 12.8. The summed E-state index contributed by atoms with van der Waals surface area (Å²) in [5.74, 6) is 0.907. The lowest BCUT2D eigenvalue weighted by Gasteiger charge is -2.25. The SMILES string of the molecule is COc1ccc(CCCN2C(=O)C[C@H]3[C@@H]2CCN3C(=O)c2nsnc2C)cc1. The molecule has 2 saturated heterocycles. The minimum absolute atomic E-state index is 0.0397. The third kappa shape index (κ3) is 3.48. The van der Waals surface area contributed by atoms with E-state index in [1.54, 1.807) is 14.0 Å². The first-order valence-electron chi connectivity index (χ1n) is 9.61. The number of fused-ring (bicyclic) bond motifs is 1. The number of nitrogens with zero attached hydrogens (tertiary/aromatic N) is 4. The molecule has 0 bridgehead atoms. The summed E-state index contributed by atoms with van der Waals surface area (Å²) in [6.07, 6.45) is 3.07. The van der Waals surface area contributed by atoms with Gasteiger partial charge in [0.25, 0.3) is 5.91 Å². The lowest BCUT2D eigenvalue weighted by Crippen LogP contribution is -2.40. The van der Waals surface area contributed by atoms with Gasteiger partial charge in [0.1, 0.15) is 5.75 Å². The maximum absolute atomic E-state index is 12.8. The van der Waals surface area contributed by atoms with Crippen molar-refractivity contribution in [3.63, 3.8) is 0 Å². The molecule has 0 unspecified atom stereocenters. The molecule has 2 aliphatic rings. The van der Waals surface area contributed by atoms with Crippen molar-refractivity contribution in [1.82, 2.24) is 18.5 Å². The van der Waals surface area contributed by atoms with E-state index >= 15 is 0 Å². The molecule has 4 rings (SSSR count). The van der Waals surface area contributed by atoms with E-state index in [0.29, 0.717) is 24.4 Å². The highest BCUT2D eigenvalue weighted by Crippen LogP contribution is 2.33. The van der Waals surface area contributed by atoms with Crippen LogP contribution in [-0.4, -0.2) is 62.6 Å². The van der Waals surface area contributed by atoms with Crippen LogP contribution in [0, 0.1) is 6.92 Å². The van der Waals surface area contributed by atoms with Crippen molar-refractivity contribution in [3.05, 3.63) is 41.2 Å². The number of hydrogen-bond acceptors (Lipinski definition) is 6. The van der Waals surface area contributed by atoms with Gasteiger partial charge in [0, 0.05) is 19.5 Å². The second-order valence-corrected chi connectivity index (χ2v) is 7.89. The fourth-order valence-corrected chi connectivity index (χ4v) is 4.82. The molecule has 0 N–H and O–H groups in total. The Bertz CT molecular complexity index is 867. The summed E-state index contributed by atoms with van der Waals surface area (Å²) >= 11 is 1.06. The fraction of sp³-hybridized carbons (Fsp3) is 0.500. The Kier molecular flexibility index (Phi) is 5.30. The Morgan fingerprint density at radius 2 is 2.04 bits per heavy atom. The molecule has 2 aliphatic heterocycles. The van der Waals surface area contributed by atoms with Gasteiger partial charge < -0.3 is 14.5 Å². The molecule has 8 heteroatoms. The Labute approximate surface area is 168 Å². The molecule has 1 aromatic heterocycles. The van der Waals surface area contributed by atoms with Gasteiger partial charge in [-0.25, -0.2) is 0 Å². The average Bonchev–Trinajstić information content (AvgIpc) is 3.38. The minimum Gasteiger partial charge on any atom is -0.497 e. The number of carbonyl (C=O) groups excluding carboxylic acids is 2. The molecule has 0 radical (unpaired) electrons. The highest BCUT2D eigenvalue weighted by Gasteiger charge is 2.48. The topological polar surface area (TPSA) is 75.6 Å². The highest BCUT2D eigenvalue weighted by atomic mass is 32.1. The number of benzene rings is 1. The number of hydrogen-bond donors (Lipinski definition) is 0. The molecular weight excluding hydrogens is 376 g/mol. The van der Waals surface area contributed by atoms with E-state index in [2.05, 4.69) is 20.9 Å². The first kappa shape index (κ1) is 18.9. The normalized spacial score (nSPS) is 21.3. The molecule has 1 aromatic carbocycles. The van der Waals surface area contributed by atoms with Crippen molar-refractivity contribution < 1.29 is 14.3 Å². The Hall–Kier alpha value is -2.48. The van der Waals surface area contributed by atoms with Crippen LogP contribution in [0.1, 0.15) is 41.0 Å². The lowest BCUT2D eigenvalue weighted by atomic mass is 10.1. The molecule has 148 valence electrons. The lowest BCUT2D eigenvalue weighted by molar-refractivity contribution is -0.129. The molecule has 0 saturated carbocycles. The van der Waals surface area contributed by atoms with Crippen molar-refractivity contribution in [2.24, 2.45) is 0 Å². The first-order valence-corrected chi connectivity index (χ1v) is 10.3. The number of methoxy groups -OCH3 is 1. The third-order valence-corrected chi connectivity index (χ3v) is 6.37. The summed E-state index contributed by atoms with van der Waals surface area (Å²) in [4.78, 5) is 29.2. The number of ether oxygens (including phenoxy) is 1. The summed E-state index contributed by atoms with van der Waals surface area (Å²) in [6, 6.07) is 8.13. The zero-order valence-corrected chi connectivity index (χ0v) is 16.9. The second-order valence-electron chi connectivity index (χ2n) is 7.36. The van der Waals surface area contributed by atoms with Crippen LogP contribution >= 0.6 is 11.7 Å². The van der Waals surface area contributed by atoms with E-state index in [1.165, 1.54) is 5.56 Å². The predicted octanol–water partition coefficient (Wildman–Crippen LogP) is 2.30. The van der Waals surface area contributed by atoms with Gasteiger partial charge in [-0.15, -0.1) is 0 Å². The Morgan fingerprint density at radius 3 is 2.71 bits per heavy atom. The number of carbonyl (C=O) groups is 2. The number of likely N-dealkylation sites (tertiary alicyclic amines) is 2. The molecule has 7 nitrogen and oxygen atoms in total. The van der Waals surface area contributed by atoms with E-state index in [-0.39, 0.29) is 23.9 Å². The zero-order chi connectivity index (χ0) is 19.7. The first-order chi connectivity index (χ1) is 13.6. The smallest absolute Gasteiger partial charge is 0.275 e. The van der Waals surface area contributed by atoms with Gasteiger partial charge in [0.2, 0.25) is 5.91 Å².